The Balaban J connectivity index is 1.77. The molecule has 0 radical (unpaired) electrons. The fourth-order valence-electron chi connectivity index (χ4n) is 3.10. The van der Waals surface area contributed by atoms with Crippen molar-refractivity contribution in [3.05, 3.63) is 18.0 Å². The van der Waals surface area contributed by atoms with Crippen molar-refractivity contribution >= 4 is 17.4 Å². The first-order valence-electron chi connectivity index (χ1n) is 8.74. The maximum Gasteiger partial charge on any atom is 0.317 e. The molecular weight excluding hydrogens is 336 g/mol. The smallest absolute Gasteiger partial charge is 0.317 e. The zero-order chi connectivity index (χ0) is 18.9. The minimum atomic E-state index is -0.838. The van der Waals surface area contributed by atoms with E-state index in [0.29, 0.717) is 19.7 Å². The van der Waals surface area contributed by atoms with Crippen LogP contribution in [0.4, 0.5) is 5.82 Å². The second-order valence-electron chi connectivity index (χ2n) is 7.76. The number of nitrogens with zero attached hydrogens (tertiary/aromatic N) is 6. The summed E-state index contributed by atoms with van der Waals surface area (Å²) in [6.07, 6.45) is -0.0615. The first-order valence-corrected chi connectivity index (χ1v) is 8.74. The average molecular weight is 362 g/mol. The van der Waals surface area contributed by atoms with E-state index in [4.69, 9.17) is 14.9 Å². The van der Waals surface area contributed by atoms with Crippen molar-refractivity contribution in [2.75, 3.05) is 44.7 Å². The monoisotopic (exact) mass is 362 g/mol. The van der Waals surface area contributed by atoms with Gasteiger partial charge in [0.05, 0.1) is 19.3 Å². The number of hydrogen-bond donors (Lipinski definition) is 1. The zero-order valence-corrected chi connectivity index (χ0v) is 15.7. The molecule has 0 aliphatic carbocycles. The summed E-state index contributed by atoms with van der Waals surface area (Å²) < 4.78 is 7.60. The molecule has 3 heterocycles. The molecule has 1 unspecified atom stereocenters. The van der Waals surface area contributed by atoms with E-state index in [-0.39, 0.29) is 18.1 Å². The quantitative estimate of drug-likeness (QED) is 0.828. The van der Waals surface area contributed by atoms with E-state index in [1.165, 1.54) is 0 Å². The summed E-state index contributed by atoms with van der Waals surface area (Å²) in [6, 6.07) is 3.87. The van der Waals surface area contributed by atoms with Crippen LogP contribution in [0.5, 0.6) is 0 Å². The fourth-order valence-corrected chi connectivity index (χ4v) is 3.10. The van der Waals surface area contributed by atoms with Gasteiger partial charge in [-0.1, -0.05) is 20.8 Å². The van der Waals surface area contributed by atoms with Crippen LogP contribution >= 0.6 is 0 Å². The SMILES string of the molecule is CN(CC(=O)O)CC1CN(c2ccc3nnc(C(C)(C)C)n3n2)CCO1. The molecule has 1 saturated heterocycles. The number of carboxylic acid groups (broad SMARTS) is 1. The standard InChI is InChI=1S/C17H26N6O3/c1-17(2,3)16-19-18-13-5-6-14(20-23(13)16)22-7-8-26-12(10-22)9-21(4)11-15(24)25/h5-6,12H,7-11H2,1-4H3,(H,24,25). The Bertz CT molecular complexity index is 784. The summed E-state index contributed by atoms with van der Waals surface area (Å²) in [6.45, 7) is 8.80. The highest BCUT2D eigenvalue weighted by atomic mass is 16.5. The lowest BCUT2D eigenvalue weighted by Crippen LogP contribution is -2.48. The second-order valence-corrected chi connectivity index (χ2v) is 7.76. The first-order chi connectivity index (χ1) is 12.2. The number of anilines is 1. The van der Waals surface area contributed by atoms with Gasteiger partial charge in [-0.25, -0.2) is 0 Å². The van der Waals surface area contributed by atoms with Crippen LogP contribution in [-0.4, -0.2) is 81.7 Å². The van der Waals surface area contributed by atoms with Crippen LogP contribution in [0.2, 0.25) is 0 Å². The molecule has 1 atom stereocenters. The molecule has 26 heavy (non-hydrogen) atoms. The van der Waals surface area contributed by atoms with Crippen molar-refractivity contribution < 1.29 is 14.6 Å². The number of aliphatic carboxylic acids is 1. The van der Waals surface area contributed by atoms with Crippen molar-refractivity contribution in [3.8, 4) is 0 Å². The predicted octanol–water partition coefficient (Wildman–Crippen LogP) is 0.643. The average Bonchev–Trinajstić information content (AvgIpc) is 2.97. The molecule has 9 heteroatoms. The molecule has 2 aromatic heterocycles. The maximum absolute atomic E-state index is 10.8. The highest BCUT2D eigenvalue weighted by molar-refractivity contribution is 5.69. The Morgan fingerprint density at radius 2 is 2.15 bits per heavy atom. The number of carbonyl (C=O) groups is 1. The molecular formula is C17H26N6O3. The van der Waals surface area contributed by atoms with Crippen LogP contribution in [0.1, 0.15) is 26.6 Å². The lowest BCUT2D eigenvalue weighted by Gasteiger charge is -2.35. The third kappa shape index (κ3) is 4.10. The Labute approximate surface area is 152 Å². The van der Waals surface area contributed by atoms with E-state index in [0.717, 1.165) is 23.8 Å². The Morgan fingerprint density at radius 3 is 2.85 bits per heavy atom. The van der Waals surface area contributed by atoms with Gasteiger partial charge < -0.3 is 14.7 Å². The van der Waals surface area contributed by atoms with E-state index in [1.807, 2.05) is 12.1 Å². The van der Waals surface area contributed by atoms with Gasteiger partial charge in [0.1, 0.15) is 5.82 Å². The molecule has 9 nitrogen and oxygen atoms in total. The van der Waals surface area contributed by atoms with Gasteiger partial charge >= 0.3 is 5.97 Å². The van der Waals surface area contributed by atoms with Crippen LogP contribution < -0.4 is 4.90 Å². The first kappa shape index (κ1) is 18.5. The van der Waals surface area contributed by atoms with Crippen molar-refractivity contribution in [3.63, 3.8) is 0 Å². The molecule has 0 saturated carbocycles. The molecule has 0 aromatic carbocycles. The van der Waals surface area contributed by atoms with E-state index in [1.54, 1.807) is 16.5 Å². The van der Waals surface area contributed by atoms with Crippen molar-refractivity contribution in [2.24, 2.45) is 0 Å². The van der Waals surface area contributed by atoms with Crippen molar-refractivity contribution in [2.45, 2.75) is 32.3 Å². The van der Waals surface area contributed by atoms with Crippen molar-refractivity contribution in [1.82, 2.24) is 24.7 Å². The highest BCUT2D eigenvalue weighted by Gasteiger charge is 2.25. The van der Waals surface area contributed by atoms with Crippen LogP contribution in [0.15, 0.2) is 12.1 Å². The zero-order valence-electron chi connectivity index (χ0n) is 15.7. The lowest BCUT2D eigenvalue weighted by molar-refractivity contribution is -0.138. The summed E-state index contributed by atoms with van der Waals surface area (Å²) >= 11 is 0. The van der Waals surface area contributed by atoms with Gasteiger partial charge in [0.15, 0.2) is 11.5 Å². The Kier molecular flexibility index (Phi) is 5.10. The lowest BCUT2D eigenvalue weighted by atomic mass is 9.96. The van der Waals surface area contributed by atoms with Gasteiger partial charge in [0, 0.05) is 25.0 Å². The number of morpholine rings is 1. The molecule has 3 rings (SSSR count). The largest absolute Gasteiger partial charge is 0.480 e. The highest BCUT2D eigenvalue weighted by Crippen LogP contribution is 2.22. The fraction of sp³-hybridized carbons (Fsp3) is 0.647. The molecule has 0 bridgehead atoms. The van der Waals surface area contributed by atoms with Gasteiger partial charge in [-0.15, -0.1) is 15.3 Å². The summed E-state index contributed by atoms with van der Waals surface area (Å²) in [4.78, 5) is 14.7. The Morgan fingerprint density at radius 1 is 1.38 bits per heavy atom. The topological polar surface area (TPSA) is 96.1 Å². The summed E-state index contributed by atoms with van der Waals surface area (Å²) in [5, 5.41) is 22.1. The molecule has 142 valence electrons. The predicted molar refractivity (Wildman–Crippen MR) is 96.6 cm³/mol. The van der Waals surface area contributed by atoms with E-state index in [2.05, 4.69) is 35.9 Å². The normalized spacial score (nSPS) is 18.7. The van der Waals surface area contributed by atoms with Crippen LogP contribution in [0.25, 0.3) is 5.65 Å². The summed E-state index contributed by atoms with van der Waals surface area (Å²) in [5.74, 6) is 0.826. The third-order valence-corrected chi connectivity index (χ3v) is 4.30. The van der Waals surface area contributed by atoms with E-state index in [9.17, 15) is 4.79 Å². The molecule has 0 spiro atoms. The van der Waals surface area contributed by atoms with E-state index >= 15 is 0 Å². The van der Waals surface area contributed by atoms with Gasteiger partial charge in [0.25, 0.3) is 0 Å². The summed E-state index contributed by atoms with van der Waals surface area (Å²) in [7, 11) is 1.79. The third-order valence-electron chi connectivity index (χ3n) is 4.30. The summed E-state index contributed by atoms with van der Waals surface area (Å²) in [5.41, 5.74) is 0.572. The molecule has 1 aliphatic rings. The van der Waals surface area contributed by atoms with Crippen LogP contribution in [0, 0.1) is 0 Å². The van der Waals surface area contributed by atoms with Crippen molar-refractivity contribution in [1.29, 1.82) is 0 Å². The molecule has 1 aliphatic heterocycles. The van der Waals surface area contributed by atoms with Gasteiger partial charge in [0.2, 0.25) is 0 Å². The Hall–Kier alpha value is -2.26. The molecule has 0 amide bonds. The number of carboxylic acids is 1. The molecule has 2 aromatic rings. The minimum absolute atomic E-state index is 0.000280. The van der Waals surface area contributed by atoms with Gasteiger partial charge in [-0.2, -0.15) is 4.52 Å². The number of aromatic nitrogens is 4. The maximum atomic E-state index is 10.8. The minimum Gasteiger partial charge on any atom is -0.480 e. The van der Waals surface area contributed by atoms with Crippen LogP contribution in [-0.2, 0) is 14.9 Å². The van der Waals surface area contributed by atoms with E-state index < -0.39 is 5.97 Å². The number of rotatable bonds is 5. The number of likely N-dealkylation sites (N-methyl/N-ethyl adjacent to an activating group) is 1. The van der Waals surface area contributed by atoms with Crippen LogP contribution in [0.3, 0.4) is 0 Å². The van der Waals surface area contributed by atoms with Gasteiger partial charge in [-0.05, 0) is 19.2 Å². The number of fused-ring (bicyclic) bond motifs is 1. The molecule has 1 N–H and O–H groups in total. The second kappa shape index (κ2) is 7.16. The molecule has 1 fully saturated rings. The number of hydrogen-bond acceptors (Lipinski definition) is 7. The van der Waals surface area contributed by atoms with Gasteiger partial charge in [-0.3, -0.25) is 9.69 Å². The number of ether oxygens (including phenoxy) is 1.